The van der Waals surface area contributed by atoms with Gasteiger partial charge in [0.15, 0.2) is 0 Å². The first-order chi connectivity index (χ1) is 17.0. The summed E-state index contributed by atoms with van der Waals surface area (Å²) in [5, 5.41) is 14.4. The van der Waals surface area contributed by atoms with Crippen LogP contribution in [0.1, 0.15) is 47.1 Å². The van der Waals surface area contributed by atoms with Crippen molar-refractivity contribution in [1.29, 1.82) is 0 Å². The summed E-state index contributed by atoms with van der Waals surface area (Å²) in [5.74, 6) is 0.198. The molecular weight excluding hydrogens is 446 g/mol. The number of hydrogen-bond acceptors (Lipinski definition) is 4. The summed E-state index contributed by atoms with van der Waals surface area (Å²) in [6, 6.07) is 15.4. The summed E-state index contributed by atoms with van der Waals surface area (Å²) in [5.41, 5.74) is 3.12. The van der Waals surface area contributed by atoms with E-state index in [2.05, 4.69) is 20.6 Å². The van der Waals surface area contributed by atoms with Crippen molar-refractivity contribution >= 4 is 17.9 Å². The number of likely N-dealkylation sites (tertiary alicyclic amines) is 1. The van der Waals surface area contributed by atoms with Crippen molar-refractivity contribution in [1.82, 2.24) is 25.5 Å². The van der Waals surface area contributed by atoms with Gasteiger partial charge in [0.2, 0.25) is 5.91 Å². The number of piperidine rings is 1. The predicted octanol–water partition coefficient (Wildman–Crippen LogP) is 3.37. The maximum absolute atomic E-state index is 13.6. The fourth-order valence-electron chi connectivity index (χ4n) is 4.47. The molecule has 0 bridgehead atoms. The highest BCUT2D eigenvalue weighted by Gasteiger charge is 2.34. The topological polar surface area (TPSA) is 127 Å². The lowest BCUT2D eigenvalue weighted by molar-refractivity contribution is -0.137. The second kappa shape index (κ2) is 10.9. The number of rotatable bonds is 7. The Morgan fingerprint density at radius 1 is 1.11 bits per heavy atom. The van der Waals surface area contributed by atoms with Gasteiger partial charge in [0, 0.05) is 25.6 Å². The third-order valence-corrected chi connectivity index (χ3v) is 6.26. The average molecular weight is 476 g/mol. The van der Waals surface area contributed by atoms with E-state index >= 15 is 0 Å². The molecule has 35 heavy (non-hydrogen) atoms. The van der Waals surface area contributed by atoms with Crippen LogP contribution in [-0.2, 0) is 11.2 Å². The number of carbonyl (C=O) groups excluding carboxylic acids is 2. The van der Waals surface area contributed by atoms with Gasteiger partial charge >= 0.3 is 6.09 Å². The molecule has 1 aromatic heterocycles. The lowest BCUT2D eigenvalue weighted by atomic mass is 9.98. The van der Waals surface area contributed by atoms with Gasteiger partial charge in [0.25, 0.3) is 5.91 Å². The zero-order chi connectivity index (χ0) is 24.8. The van der Waals surface area contributed by atoms with Gasteiger partial charge in [-0.2, -0.15) is 0 Å². The highest BCUT2D eigenvalue weighted by atomic mass is 16.4. The molecule has 0 spiro atoms. The summed E-state index contributed by atoms with van der Waals surface area (Å²) in [4.78, 5) is 46.6. The average Bonchev–Trinajstić information content (AvgIpc) is 3.38. The Hall–Kier alpha value is -4.14. The van der Waals surface area contributed by atoms with Crippen molar-refractivity contribution in [2.45, 2.75) is 37.8 Å². The van der Waals surface area contributed by atoms with Crippen LogP contribution in [0, 0.1) is 0 Å². The lowest BCUT2D eigenvalue weighted by Crippen LogP contribution is -2.51. The van der Waals surface area contributed by atoms with Gasteiger partial charge in [-0.25, -0.2) is 9.78 Å². The number of imidazole rings is 1. The van der Waals surface area contributed by atoms with Crippen LogP contribution in [0.2, 0.25) is 0 Å². The molecule has 0 saturated carbocycles. The fraction of sp³-hybridized carbons (Fsp3) is 0.308. The Morgan fingerprint density at radius 2 is 1.86 bits per heavy atom. The SMILES string of the molecule is CNC(=O)c1ccc(CC(NC(=O)O)C(=O)N2CCCCC2c2ncc(-c3ccccc3)[nH]2)cc1. The number of hydrogen-bond donors (Lipinski definition) is 4. The number of nitrogens with one attached hydrogen (secondary N) is 3. The molecule has 1 fully saturated rings. The van der Waals surface area contributed by atoms with Crippen molar-refractivity contribution in [3.05, 3.63) is 77.7 Å². The van der Waals surface area contributed by atoms with Gasteiger partial charge in [-0.3, -0.25) is 9.59 Å². The summed E-state index contributed by atoms with van der Waals surface area (Å²) >= 11 is 0. The van der Waals surface area contributed by atoms with E-state index in [-0.39, 0.29) is 24.3 Å². The molecule has 3 amide bonds. The minimum absolute atomic E-state index is 0.176. The van der Waals surface area contributed by atoms with E-state index in [1.54, 1.807) is 42.4 Å². The second-order valence-corrected chi connectivity index (χ2v) is 8.57. The molecule has 4 N–H and O–H groups in total. The van der Waals surface area contributed by atoms with Crippen molar-refractivity contribution in [3.63, 3.8) is 0 Å². The van der Waals surface area contributed by atoms with Crippen LogP contribution in [0.15, 0.2) is 60.8 Å². The number of nitrogens with zero attached hydrogens (tertiary/aromatic N) is 2. The first-order valence-electron chi connectivity index (χ1n) is 11.7. The maximum Gasteiger partial charge on any atom is 0.405 e. The van der Waals surface area contributed by atoms with Gasteiger partial charge < -0.3 is 25.6 Å². The molecule has 2 aromatic carbocycles. The Kier molecular flexibility index (Phi) is 7.45. The van der Waals surface area contributed by atoms with E-state index in [4.69, 9.17) is 0 Å². The van der Waals surface area contributed by atoms with E-state index in [1.807, 2.05) is 30.3 Å². The molecule has 0 aliphatic carbocycles. The largest absolute Gasteiger partial charge is 0.465 e. The standard InChI is InChI=1S/C26H29N5O4/c1-27-24(32)19-12-10-17(11-13-19)15-20(30-26(34)35)25(33)31-14-6-5-9-22(31)23-28-16-21(29-23)18-7-3-2-4-8-18/h2-4,7-8,10-13,16,20,22,30H,5-6,9,14-15H2,1H3,(H,27,32)(H,28,29)(H,34,35). The van der Waals surface area contributed by atoms with Gasteiger partial charge in [0.05, 0.1) is 17.9 Å². The third kappa shape index (κ3) is 5.68. The van der Waals surface area contributed by atoms with Gasteiger partial charge in [-0.1, -0.05) is 42.5 Å². The Balaban J connectivity index is 1.55. The first-order valence-corrected chi connectivity index (χ1v) is 11.7. The number of amides is 3. The molecule has 9 heteroatoms. The van der Waals surface area contributed by atoms with E-state index in [0.717, 1.165) is 36.1 Å². The molecular formula is C26H29N5O4. The molecule has 9 nitrogen and oxygen atoms in total. The predicted molar refractivity (Wildman–Crippen MR) is 131 cm³/mol. The van der Waals surface area contributed by atoms with Gasteiger partial charge in [-0.05, 0) is 42.5 Å². The monoisotopic (exact) mass is 475 g/mol. The third-order valence-electron chi connectivity index (χ3n) is 6.26. The minimum atomic E-state index is -1.26. The zero-order valence-corrected chi connectivity index (χ0v) is 19.5. The van der Waals surface area contributed by atoms with Crippen molar-refractivity contribution in [2.75, 3.05) is 13.6 Å². The normalized spacial score (nSPS) is 16.4. The molecule has 1 aliphatic heterocycles. The second-order valence-electron chi connectivity index (χ2n) is 8.57. The number of H-pyrrole nitrogens is 1. The number of carbonyl (C=O) groups is 3. The van der Waals surface area contributed by atoms with Gasteiger partial charge in [-0.15, -0.1) is 0 Å². The quantitative estimate of drug-likeness (QED) is 0.417. The summed E-state index contributed by atoms with van der Waals surface area (Å²) in [7, 11) is 1.55. The Labute approximate surface area is 203 Å². The van der Waals surface area contributed by atoms with Crippen molar-refractivity contribution < 1.29 is 19.5 Å². The number of aromatic nitrogens is 2. The number of aromatic amines is 1. The van der Waals surface area contributed by atoms with Crippen LogP contribution in [-0.4, -0.2) is 57.5 Å². The van der Waals surface area contributed by atoms with Crippen molar-refractivity contribution in [2.24, 2.45) is 0 Å². The van der Waals surface area contributed by atoms with Crippen LogP contribution in [0.3, 0.4) is 0 Å². The van der Waals surface area contributed by atoms with Gasteiger partial charge in [0.1, 0.15) is 11.9 Å². The molecule has 4 rings (SSSR count). The summed E-state index contributed by atoms with van der Waals surface area (Å²) < 4.78 is 0. The van der Waals surface area contributed by atoms with E-state index in [9.17, 15) is 19.5 Å². The molecule has 2 atom stereocenters. The summed E-state index contributed by atoms with van der Waals surface area (Å²) in [6.45, 7) is 0.526. The van der Waals surface area contributed by atoms with Crippen LogP contribution in [0.4, 0.5) is 4.79 Å². The number of benzene rings is 2. The smallest absolute Gasteiger partial charge is 0.405 e. The highest BCUT2D eigenvalue weighted by molar-refractivity contribution is 5.94. The molecule has 1 saturated heterocycles. The Bertz CT molecular complexity index is 1180. The van der Waals surface area contributed by atoms with Crippen molar-refractivity contribution in [3.8, 4) is 11.3 Å². The molecule has 1 aliphatic rings. The van der Waals surface area contributed by atoms with E-state index in [1.165, 1.54) is 0 Å². The van der Waals surface area contributed by atoms with E-state index < -0.39 is 12.1 Å². The highest BCUT2D eigenvalue weighted by Crippen LogP contribution is 2.31. The van der Waals surface area contributed by atoms with Crippen LogP contribution >= 0.6 is 0 Å². The summed E-state index contributed by atoms with van der Waals surface area (Å²) in [6.07, 6.45) is 3.22. The van der Waals surface area contributed by atoms with Crippen LogP contribution < -0.4 is 10.6 Å². The minimum Gasteiger partial charge on any atom is -0.465 e. The Morgan fingerprint density at radius 3 is 2.54 bits per heavy atom. The molecule has 3 aromatic rings. The first kappa shape index (κ1) is 24.0. The molecule has 0 radical (unpaired) electrons. The number of carboxylic acid groups (broad SMARTS) is 1. The van der Waals surface area contributed by atoms with Crippen LogP contribution in [0.5, 0.6) is 0 Å². The fourth-order valence-corrected chi connectivity index (χ4v) is 4.47. The van der Waals surface area contributed by atoms with Crippen LogP contribution in [0.25, 0.3) is 11.3 Å². The molecule has 2 heterocycles. The lowest BCUT2D eigenvalue weighted by Gasteiger charge is -2.36. The molecule has 2 unspecified atom stereocenters. The zero-order valence-electron chi connectivity index (χ0n) is 19.5. The van der Waals surface area contributed by atoms with E-state index in [0.29, 0.717) is 17.9 Å². The molecule has 182 valence electrons. The maximum atomic E-state index is 13.6.